The van der Waals surface area contributed by atoms with Crippen molar-refractivity contribution in [3.05, 3.63) is 42.5 Å². The second-order valence-corrected chi connectivity index (χ2v) is 25.0. The Bertz CT molecular complexity index is 2250. The molecule has 2 bridgehead atoms. The predicted molar refractivity (Wildman–Crippen MR) is 231 cm³/mol. The Balaban J connectivity index is 1.04. The summed E-state index contributed by atoms with van der Waals surface area (Å²) in [5, 5.41) is 6.73. The number of sulfonamides is 1. The van der Waals surface area contributed by atoms with Gasteiger partial charge in [-0.2, -0.15) is 0 Å². The van der Waals surface area contributed by atoms with Crippen LogP contribution in [0.15, 0.2) is 36.9 Å². The number of likely N-dealkylation sites (tertiary alicyclic amines) is 1. The number of aromatic nitrogens is 1. The Hall–Kier alpha value is -3.78. The first-order valence-corrected chi connectivity index (χ1v) is 27.1. The first kappa shape index (κ1) is 45.4. The Morgan fingerprint density at radius 2 is 1.77 bits per heavy atom. The third-order valence-electron chi connectivity index (χ3n) is 14.4. The van der Waals surface area contributed by atoms with Crippen molar-refractivity contribution in [2.24, 2.45) is 11.8 Å². The number of benzene rings is 1. The van der Waals surface area contributed by atoms with E-state index in [1.165, 1.54) is 4.90 Å². The van der Waals surface area contributed by atoms with Crippen LogP contribution in [0, 0.1) is 11.8 Å². The van der Waals surface area contributed by atoms with E-state index >= 15 is 4.79 Å². The van der Waals surface area contributed by atoms with Gasteiger partial charge in [-0.05, 0) is 12.8 Å². The maximum absolute atomic E-state index is 15.1. The number of pyridine rings is 1. The monoisotopic (exact) mass is 1020 g/mol. The second kappa shape index (κ2) is 18.5. The molecule has 2 unspecified atom stereocenters. The third-order valence-corrected chi connectivity index (χ3v) is 20.4. The van der Waals surface area contributed by atoms with Crippen LogP contribution in [0.25, 0.3) is 10.9 Å². The van der Waals surface area contributed by atoms with Crippen LogP contribution in [0.5, 0.6) is 11.6 Å². The zero-order valence-electron chi connectivity index (χ0n) is 36.5. The van der Waals surface area contributed by atoms with Gasteiger partial charge in [0.2, 0.25) is 0 Å². The topological polar surface area (TPSA) is 186 Å². The van der Waals surface area contributed by atoms with Crippen molar-refractivity contribution < 1.29 is 67.4 Å². The molecule has 0 spiro atoms. The molecular weight excluding hydrogens is 959 g/mol. The van der Waals surface area contributed by atoms with E-state index in [4.69, 9.17) is 19.2 Å². The number of hydrogen-bond donors (Lipinski definition) is 3. The van der Waals surface area contributed by atoms with Crippen molar-refractivity contribution in [3.8, 4) is 11.6 Å². The summed E-state index contributed by atoms with van der Waals surface area (Å²) in [6.45, 7) is 7.46. The van der Waals surface area contributed by atoms with Crippen LogP contribution in [0.1, 0.15) is 102 Å². The quantitative estimate of drug-likeness (QED) is 0.0924. The van der Waals surface area contributed by atoms with Gasteiger partial charge in [0.05, 0.1) is 0 Å². The van der Waals surface area contributed by atoms with Crippen LogP contribution in [-0.4, -0.2) is 122 Å². The third kappa shape index (κ3) is 9.56. The molecule has 1 aromatic heterocycles. The molecule has 350 valence electrons. The Kier molecular flexibility index (Phi) is 13.1. The number of ether oxygens (including phenoxy) is 3. The van der Waals surface area contributed by atoms with E-state index < -0.39 is 91.6 Å². The average Bonchev–Trinajstić information content (AvgIpc) is 4.23. The molecule has 7 aliphatic rings. The van der Waals surface area contributed by atoms with E-state index in [0.717, 1.165) is 81.7 Å². The molecule has 2 aromatic rings. The molecule has 4 aliphatic heterocycles. The van der Waals surface area contributed by atoms with Gasteiger partial charge in [-0.3, -0.25) is 4.90 Å². The van der Waals surface area contributed by atoms with E-state index in [-0.39, 0.29) is 30.9 Å². The van der Waals surface area contributed by atoms with Crippen LogP contribution >= 0.6 is 0 Å². The summed E-state index contributed by atoms with van der Waals surface area (Å²) >= 11 is -1.08. The first-order chi connectivity index (χ1) is 30.8. The molecule has 4 amide bonds. The van der Waals surface area contributed by atoms with Gasteiger partial charge in [-0.15, -0.1) is 0 Å². The summed E-state index contributed by atoms with van der Waals surface area (Å²) in [6.07, 6.45) is 10.0. The average molecular weight is 1020 g/mol. The zero-order chi connectivity index (χ0) is 44.8. The van der Waals surface area contributed by atoms with Gasteiger partial charge >= 0.3 is 327 Å². The molecule has 3 saturated carbocycles. The molecule has 3 saturated heterocycles. The number of rotatable bonds is 12. The molecule has 15 nitrogen and oxygen atoms in total. The van der Waals surface area contributed by atoms with Gasteiger partial charge < -0.3 is 0 Å². The number of hydrogen-bond acceptors (Lipinski definition) is 11. The van der Waals surface area contributed by atoms with E-state index in [0.29, 0.717) is 62.5 Å². The maximum atomic E-state index is 15.1. The minimum absolute atomic E-state index is 0.0109. The van der Waals surface area contributed by atoms with Crippen molar-refractivity contribution in [2.45, 2.75) is 146 Å². The Morgan fingerprint density at radius 1 is 1.03 bits per heavy atom. The summed E-state index contributed by atoms with van der Waals surface area (Å²) in [5.41, 5.74) is 1.47. The van der Waals surface area contributed by atoms with Gasteiger partial charge in [-0.1, -0.05) is 12.5 Å². The van der Waals surface area contributed by atoms with E-state index in [1.54, 1.807) is 13.0 Å². The number of amides is 4. The molecule has 0 radical (unpaired) electrons. The Labute approximate surface area is 385 Å². The van der Waals surface area contributed by atoms with Crippen molar-refractivity contribution in [3.63, 3.8) is 0 Å². The SMILES string of the molecule is C=CC1[I-]C1(NC(=O)[C@@H]1C[C@@H]2CN1C(=O)[C@H](C1CCCCC1)NC(=O)O[C@@H]1C[C@H]1CCCCCc1c(nc3ccccc3c1OCCCN1CC(F)C1)O2)C(=O)NS(=O)(=O)C1(C)CC1. The number of nitrogens with one attached hydrogen (secondary N) is 3. The number of para-hydroxylation sites is 1. The van der Waals surface area contributed by atoms with Crippen molar-refractivity contribution >= 4 is 44.7 Å². The summed E-state index contributed by atoms with van der Waals surface area (Å²) in [4.78, 5) is 65.9. The number of fused-ring (bicyclic) bond motifs is 5. The molecular formula is C46H61FIN6O9S-. The molecule has 7 atom stereocenters. The van der Waals surface area contributed by atoms with Crippen LogP contribution in [-0.2, 0) is 35.6 Å². The Morgan fingerprint density at radius 3 is 2.48 bits per heavy atom. The fraction of sp³-hybridized carbons (Fsp3) is 0.674. The van der Waals surface area contributed by atoms with Gasteiger partial charge in [0.25, 0.3) is 0 Å². The normalized spacial score (nSPS) is 31.2. The van der Waals surface area contributed by atoms with Gasteiger partial charge in [0.1, 0.15) is 6.17 Å². The number of halogens is 2. The van der Waals surface area contributed by atoms with E-state index in [2.05, 4.69) is 26.8 Å². The van der Waals surface area contributed by atoms with Crippen LogP contribution < -0.4 is 46.0 Å². The standard InChI is InChI=1S/C46H61FIN6O9S/c1-3-37-46(48-37,43(57)52-64(59,60)45(2)19-20-45)51-40(55)35-24-31-27-54(35)42(56)38(28-13-6-4-7-14-28)50-44(58)63-36-23-29(36)15-8-5-9-17-33-39(61-22-12-21-53-25-30(47)26-53)32-16-10-11-18-34(32)49-41(33)62-31/h3,10-11,16,18,28-31,35-38H,1,4-9,12-15,17,19-27H2,2H3,(H,50,58)(H,51,55)(H,52,57)/q-1/t29-,31-,35+,36-,37?,38+,46?/m1/s1. The summed E-state index contributed by atoms with van der Waals surface area (Å²) in [6, 6.07) is 5.63. The molecule has 3 N–H and O–H groups in total. The number of carbonyl (C=O) groups is 4. The van der Waals surface area contributed by atoms with Gasteiger partial charge in [0, 0.05) is 19.6 Å². The van der Waals surface area contributed by atoms with E-state index in [9.17, 15) is 27.2 Å². The molecule has 1 aromatic carbocycles. The molecule has 6 fully saturated rings. The molecule has 18 heteroatoms. The van der Waals surface area contributed by atoms with Gasteiger partial charge in [-0.25, -0.2) is 4.39 Å². The van der Waals surface area contributed by atoms with Crippen molar-refractivity contribution in [2.75, 3.05) is 32.8 Å². The minimum atomic E-state index is -4.00. The zero-order valence-corrected chi connectivity index (χ0v) is 39.5. The summed E-state index contributed by atoms with van der Waals surface area (Å²) < 4.78 is 58.7. The molecule has 5 heterocycles. The van der Waals surface area contributed by atoms with Crippen LogP contribution in [0.4, 0.5) is 9.18 Å². The summed E-state index contributed by atoms with van der Waals surface area (Å²) in [5.74, 6) is -0.735. The summed E-state index contributed by atoms with van der Waals surface area (Å²) in [7, 11) is -4.00. The van der Waals surface area contributed by atoms with Gasteiger partial charge in [0.15, 0.2) is 0 Å². The molecule has 64 heavy (non-hydrogen) atoms. The number of nitrogens with zero attached hydrogens (tertiary/aromatic N) is 3. The first-order valence-electron chi connectivity index (χ1n) is 23.3. The van der Waals surface area contributed by atoms with Crippen LogP contribution in [0.2, 0.25) is 0 Å². The fourth-order valence-electron chi connectivity index (χ4n) is 9.96. The molecule has 9 rings (SSSR count). The van der Waals surface area contributed by atoms with Crippen LogP contribution in [0.3, 0.4) is 0 Å². The number of alkyl halides is 3. The second-order valence-electron chi connectivity index (χ2n) is 19.2. The predicted octanol–water partition coefficient (Wildman–Crippen LogP) is 1.65. The number of alkyl carbamates (subject to hydrolysis) is 1. The van der Waals surface area contributed by atoms with E-state index in [1.807, 2.05) is 24.3 Å². The van der Waals surface area contributed by atoms with Crippen molar-refractivity contribution in [1.29, 1.82) is 0 Å². The van der Waals surface area contributed by atoms with Crippen molar-refractivity contribution in [1.82, 2.24) is 30.1 Å². The fourth-order valence-corrected chi connectivity index (χ4v) is 14.1. The molecule has 3 aliphatic carbocycles. The number of carbonyl (C=O) groups excluding carboxylic acids is 4.